The Morgan fingerprint density at radius 3 is 2.64 bits per heavy atom. The summed E-state index contributed by atoms with van der Waals surface area (Å²) in [5, 5.41) is 16.0. The van der Waals surface area contributed by atoms with Crippen LogP contribution >= 0.6 is 0 Å². The average molecular weight is 309 g/mol. The Hall–Kier alpha value is -1.79. The lowest BCUT2D eigenvalue weighted by atomic mass is 9.83. The molecule has 122 valence electrons. The quantitative estimate of drug-likeness (QED) is 0.457. The molecule has 0 aromatic heterocycles. The summed E-state index contributed by atoms with van der Waals surface area (Å²) in [6, 6.07) is -1.46. The second kappa shape index (κ2) is 7.47. The number of likely N-dealkylation sites (N-methyl/N-ethyl adjacent to an activating group) is 1. The number of azide groups is 1. The number of aliphatic hydroxyl groups is 1. The van der Waals surface area contributed by atoms with Gasteiger partial charge in [0.2, 0.25) is 11.8 Å². The Balaban J connectivity index is 2.17. The van der Waals surface area contributed by atoms with Crippen molar-refractivity contribution >= 4 is 11.8 Å². The molecule has 0 bridgehead atoms. The van der Waals surface area contributed by atoms with Crippen LogP contribution in [0.4, 0.5) is 0 Å². The molecular weight excluding hydrogens is 286 g/mol. The first-order valence-corrected chi connectivity index (χ1v) is 7.82. The molecule has 2 amide bonds. The molecule has 2 aliphatic rings. The summed E-state index contributed by atoms with van der Waals surface area (Å²) >= 11 is 0. The average Bonchev–Trinajstić information content (AvgIpc) is 2.94. The molecule has 2 N–H and O–H groups in total. The summed E-state index contributed by atoms with van der Waals surface area (Å²) in [5.41, 5.74) is 8.79. The number of likely N-dealkylation sites (tertiary alicyclic amines) is 1. The van der Waals surface area contributed by atoms with Gasteiger partial charge in [-0.15, -0.1) is 0 Å². The maximum atomic E-state index is 12.8. The van der Waals surface area contributed by atoms with Crippen LogP contribution in [-0.4, -0.2) is 53.6 Å². The predicted molar refractivity (Wildman–Crippen MR) is 79.7 cm³/mol. The monoisotopic (exact) mass is 309 g/mol. The van der Waals surface area contributed by atoms with Gasteiger partial charge in [0.25, 0.3) is 0 Å². The zero-order chi connectivity index (χ0) is 16.1. The predicted octanol–water partition coefficient (Wildman–Crippen LogP) is 0.953. The van der Waals surface area contributed by atoms with Gasteiger partial charge < -0.3 is 15.3 Å². The first kappa shape index (κ1) is 16.6. The molecule has 2 unspecified atom stereocenters. The van der Waals surface area contributed by atoms with Gasteiger partial charge in [-0.05, 0) is 24.3 Å². The minimum absolute atomic E-state index is 0.0280. The summed E-state index contributed by atoms with van der Waals surface area (Å²) in [6.45, 7) is 0.112. The van der Waals surface area contributed by atoms with E-state index in [9.17, 15) is 14.7 Å². The lowest BCUT2D eigenvalue weighted by Crippen LogP contribution is -2.49. The SMILES string of the molecule is CNC(=O)C1CC(O)CN1C(=O)[C@@H](N=[N+]=[N-])C1CCCCC1. The topological polar surface area (TPSA) is 118 Å². The van der Waals surface area contributed by atoms with E-state index in [0.29, 0.717) is 0 Å². The van der Waals surface area contributed by atoms with Crippen molar-refractivity contribution in [3.8, 4) is 0 Å². The van der Waals surface area contributed by atoms with E-state index in [2.05, 4.69) is 15.3 Å². The summed E-state index contributed by atoms with van der Waals surface area (Å²) in [4.78, 5) is 28.9. The Morgan fingerprint density at radius 2 is 2.05 bits per heavy atom. The number of hydrogen-bond acceptors (Lipinski definition) is 4. The van der Waals surface area contributed by atoms with Gasteiger partial charge in [0, 0.05) is 24.9 Å². The highest BCUT2D eigenvalue weighted by Gasteiger charge is 2.42. The molecule has 0 aromatic carbocycles. The number of amides is 2. The number of carbonyl (C=O) groups is 2. The van der Waals surface area contributed by atoms with Crippen molar-refractivity contribution in [2.45, 2.75) is 56.7 Å². The van der Waals surface area contributed by atoms with Crippen molar-refractivity contribution in [3.63, 3.8) is 0 Å². The molecule has 2 fully saturated rings. The molecule has 8 nitrogen and oxygen atoms in total. The first-order chi connectivity index (χ1) is 10.6. The highest BCUT2D eigenvalue weighted by Crippen LogP contribution is 2.31. The largest absolute Gasteiger partial charge is 0.391 e. The molecule has 1 aliphatic heterocycles. The first-order valence-electron chi connectivity index (χ1n) is 7.82. The van der Waals surface area contributed by atoms with Gasteiger partial charge in [-0.25, -0.2) is 0 Å². The maximum absolute atomic E-state index is 12.8. The van der Waals surface area contributed by atoms with Crippen LogP contribution in [0.25, 0.3) is 10.4 Å². The molecule has 3 atom stereocenters. The maximum Gasteiger partial charge on any atom is 0.242 e. The van der Waals surface area contributed by atoms with Crippen LogP contribution in [0.3, 0.4) is 0 Å². The standard InChI is InChI=1S/C14H23N5O3/c1-16-13(21)11-7-10(20)8-19(11)14(22)12(17-18-15)9-5-3-2-4-6-9/h9-12,20H,2-8H2,1H3,(H,16,21)/t10?,11?,12-/m0/s1. The number of β-amino-alcohol motifs (C(OH)–C–C–N with tert-alkyl or cyclic N) is 1. The molecule has 1 saturated heterocycles. The lowest BCUT2D eigenvalue weighted by Gasteiger charge is -2.31. The molecule has 0 radical (unpaired) electrons. The number of hydrogen-bond donors (Lipinski definition) is 2. The normalized spacial score (nSPS) is 27.1. The van der Waals surface area contributed by atoms with Crippen molar-refractivity contribution in [3.05, 3.63) is 10.4 Å². The fourth-order valence-corrected chi connectivity index (χ4v) is 3.49. The summed E-state index contributed by atoms with van der Waals surface area (Å²) in [6.07, 6.45) is 4.40. The van der Waals surface area contributed by atoms with Crippen molar-refractivity contribution in [2.75, 3.05) is 13.6 Å². The van der Waals surface area contributed by atoms with Crippen molar-refractivity contribution in [2.24, 2.45) is 11.0 Å². The van der Waals surface area contributed by atoms with Gasteiger partial charge >= 0.3 is 0 Å². The van der Waals surface area contributed by atoms with E-state index in [0.717, 1.165) is 32.1 Å². The zero-order valence-electron chi connectivity index (χ0n) is 12.8. The van der Waals surface area contributed by atoms with Crippen molar-refractivity contribution < 1.29 is 14.7 Å². The molecule has 0 spiro atoms. The van der Waals surface area contributed by atoms with Gasteiger partial charge in [-0.1, -0.05) is 24.4 Å². The molecule has 22 heavy (non-hydrogen) atoms. The van der Waals surface area contributed by atoms with Gasteiger partial charge in [0.1, 0.15) is 12.1 Å². The smallest absolute Gasteiger partial charge is 0.242 e. The van der Waals surface area contributed by atoms with E-state index in [-0.39, 0.29) is 30.7 Å². The van der Waals surface area contributed by atoms with E-state index in [1.807, 2.05) is 0 Å². The molecule has 1 heterocycles. The van der Waals surface area contributed by atoms with Crippen LogP contribution in [0, 0.1) is 5.92 Å². The second-order valence-electron chi connectivity index (χ2n) is 6.06. The third-order valence-electron chi connectivity index (χ3n) is 4.64. The lowest BCUT2D eigenvalue weighted by molar-refractivity contribution is -0.140. The van der Waals surface area contributed by atoms with E-state index in [4.69, 9.17) is 5.53 Å². The van der Waals surface area contributed by atoms with Gasteiger partial charge in [0.15, 0.2) is 0 Å². The zero-order valence-corrected chi connectivity index (χ0v) is 12.8. The number of nitrogens with zero attached hydrogens (tertiary/aromatic N) is 4. The van der Waals surface area contributed by atoms with Gasteiger partial charge in [0.05, 0.1) is 6.10 Å². The van der Waals surface area contributed by atoms with Gasteiger partial charge in [-0.2, -0.15) is 0 Å². The van der Waals surface area contributed by atoms with Gasteiger partial charge in [-0.3, -0.25) is 9.59 Å². The molecule has 1 aliphatic carbocycles. The van der Waals surface area contributed by atoms with Crippen LogP contribution in [0.2, 0.25) is 0 Å². The van der Waals surface area contributed by atoms with Crippen LogP contribution in [0.5, 0.6) is 0 Å². The minimum atomic E-state index is -0.775. The Morgan fingerprint density at radius 1 is 1.36 bits per heavy atom. The number of aliphatic hydroxyl groups excluding tert-OH is 1. The minimum Gasteiger partial charge on any atom is -0.391 e. The number of nitrogens with one attached hydrogen (secondary N) is 1. The van der Waals surface area contributed by atoms with E-state index >= 15 is 0 Å². The summed E-state index contributed by atoms with van der Waals surface area (Å²) in [5.74, 6) is -0.608. The van der Waals surface area contributed by atoms with E-state index in [1.165, 1.54) is 11.9 Å². The molecular formula is C14H23N5O3. The Labute approximate surface area is 129 Å². The fourth-order valence-electron chi connectivity index (χ4n) is 3.49. The van der Waals surface area contributed by atoms with Crippen LogP contribution in [-0.2, 0) is 9.59 Å². The number of rotatable bonds is 4. The third-order valence-corrected chi connectivity index (χ3v) is 4.64. The fraction of sp³-hybridized carbons (Fsp3) is 0.857. The van der Waals surface area contributed by atoms with Crippen molar-refractivity contribution in [1.29, 1.82) is 0 Å². The molecule has 2 rings (SSSR count). The molecule has 1 saturated carbocycles. The third kappa shape index (κ3) is 3.51. The molecule has 8 heteroatoms. The highest BCUT2D eigenvalue weighted by molar-refractivity contribution is 5.90. The Kier molecular flexibility index (Phi) is 5.63. The van der Waals surface area contributed by atoms with Crippen LogP contribution in [0.15, 0.2) is 5.11 Å². The summed E-state index contributed by atoms with van der Waals surface area (Å²) < 4.78 is 0. The number of carbonyl (C=O) groups excluding carboxylic acids is 2. The van der Waals surface area contributed by atoms with Crippen LogP contribution < -0.4 is 5.32 Å². The second-order valence-corrected chi connectivity index (χ2v) is 6.06. The van der Waals surface area contributed by atoms with Crippen LogP contribution in [0.1, 0.15) is 38.5 Å². The van der Waals surface area contributed by atoms with E-state index in [1.54, 1.807) is 0 Å². The van der Waals surface area contributed by atoms with E-state index < -0.39 is 18.2 Å². The molecule has 0 aromatic rings. The summed E-state index contributed by atoms with van der Waals surface area (Å²) in [7, 11) is 1.50. The van der Waals surface area contributed by atoms with Crippen molar-refractivity contribution in [1.82, 2.24) is 10.2 Å². The Bertz CT molecular complexity index is 471. The highest BCUT2D eigenvalue weighted by atomic mass is 16.3.